The van der Waals surface area contributed by atoms with E-state index in [0.29, 0.717) is 42.8 Å². The van der Waals surface area contributed by atoms with Gasteiger partial charge in [-0.15, -0.1) is 0 Å². The molecule has 0 spiro atoms. The van der Waals surface area contributed by atoms with Crippen LogP contribution in [0.5, 0.6) is 5.75 Å². The van der Waals surface area contributed by atoms with Crippen LogP contribution in [0.15, 0.2) is 54.6 Å². The van der Waals surface area contributed by atoms with Gasteiger partial charge in [0, 0.05) is 28.9 Å². The molecule has 0 atom stereocenters. The van der Waals surface area contributed by atoms with Crippen LogP contribution in [-0.4, -0.2) is 38.8 Å². The summed E-state index contributed by atoms with van der Waals surface area (Å²) in [5, 5.41) is 4.64. The molecular weight excluding hydrogens is 445 g/mol. The Balaban J connectivity index is 1.54. The number of hydrogen-bond acceptors (Lipinski definition) is 4. The number of ether oxygens (including phenoxy) is 2. The van der Waals surface area contributed by atoms with E-state index in [1.54, 1.807) is 12.1 Å². The van der Waals surface area contributed by atoms with Crippen LogP contribution in [-0.2, 0) is 15.7 Å². The highest BCUT2D eigenvalue weighted by molar-refractivity contribution is 6.35. The molecule has 3 aromatic rings. The van der Waals surface area contributed by atoms with Crippen LogP contribution in [0.25, 0.3) is 10.8 Å². The fraction of sp³-hybridized carbons (Fsp3) is 0.261. The van der Waals surface area contributed by atoms with Gasteiger partial charge in [0.05, 0.1) is 30.2 Å². The van der Waals surface area contributed by atoms with Crippen molar-refractivity contribution in [1.82, 2.24) is 0 Å². The number of alkyl halides is 3. The van der Waals surface area contributed by atoms with Crippen molar-refractivity contribution >= 4 is 39.7 Å². The molecule has 0 unspecified atom stereocenters. The van der Waals surface area contributed by atoms with Crippen molar-refractivity contribution in [3.8, 4) is 5.75 Å². The van der Waals surface area contributed by atoms with Crippen LogP contribution in [0.2, 0.25) is 5.02 Å². The van der Waals surface area contributed by atoms with E-state index in [9.17, 15) is 18.0 Å². The molecule has 168 valence electrons. The number of carbonyl (C=O) groups excluding carboxylic acids is 1. The first kappa shape index (κ1) is 22.2. The Hall–Kier alpha value is -2.97. The average molecular weight is 465 g/mol. The van der Waals surface area contributed by atoms with Crippen molar-refractivity contribution in [2.45, 2.75) is 6.18 Å². The minimum atomic E-state index is -4.53. The molecule has 4 rings (SSSR count). The fourth-order valence-corrected chi connectivity index (χ4v) is 3.81. The Morgan fingerprint density at radius 1 is 1.06 bits per heavy atom. The molecule has 3 aromatic carbocycles. The van der Waals surface area contributed by atoms with Gasteiger partial charge in [0.15, 0.2) is 6.61 Å². The molecule has 0 bridgehead atoms. The molecule has 5 nitrogen and oxygen atoms in total. The van der Waals surface area contributed by atoms with Gasteiger partial charge in [0.25, 0.3) is 5.91 Å². The third-order valence-corrected chi connectivity index (χ3v) is 5.47. The normalized spacial score (nSPS) is 14.4. The molecule has 0 aromatic heterocycles. The zero-order valence-corrected chi connectivity index (χ0v) is 17.7. The van der Waals surface area contributed by atoms with E-state index in [1.807, 2.05) is 29.2 Å². The van der Waals surface area contributed by atoms with Gasteiger partial charge in [0.2, 0.25) is 0 Å². The standard InChI is InChI=1S/C23H20ClF3N2O3/c24-18-6-8-21(17-4-2-1-3-16(17)18)32-14-22(30)28-19-13-15(23(25,26)27)5-7-20(19)29-9-11-31-12-10-29/h1-8,13H,9-12,14H2,(H,28,30). The Kier molecular flexibility index (Phi) is 6.43. The lowest BCUT2D eigenvalue weighted by Crippen LogP contribution is -2.37. The number of fused-ring (bicyclic) bond motifs is 1. The quantitative estimate of drug-likeness (QED) is 0.552. The molecule has 1 amide bonds. The lowest BCUT2D eigenvalue weighted by molar-refractivity contribution is -0.137. The largest absolute Gasteiger partial charge is 0.483 e. The summed E-state index contributed by atoms with van der Waals surface area (Å²) in [7, 11) is 0. The minimum Gasteiger partial charge on any atom is -0.483 e. The third-order valence-electron chi connectivity index (χ3n) is 5.14. The van der Waals surface area contributed by atoms with Crippen molar-refractivity contribution in [1.29, 1.82) is 0 Å². The number of amides is 1. The van der Waals surface area contributed by atoms with Gasteiger partial charge in [-0.3, -0.25) is 4.79 Å². The molecule has 32 heavy (non-hydrogen) atoms. The summed E-state index contributed by atoms with van der Waals surface area (Å²) >= 11 is 6.20. The van der Waals surface area contributed by atoms with E-state index in [-0.39, 0.29) is 12.3 Å². The van der Waals surface area contributed by atoms with E-state index in [4.69, 9.17) is 21.1 Å². The summed E-state index contributed by atoms with van der Waals surface area (Å²) in [6.45, 7) is 1.58. The maximum Gasteiger partial charge on any atom is 0.416 e. The molecule has 9 heteroatoms. The van der Waals surface area contributed by atoms with Gasteiger partial charge < -0.3 is 19.7 Å². The maximum absolute atomic E-state index is 13.2. The SMILES string of the molecule is O=C(COc1ccc(Cl)c2ccccc12)Nc1cc(C(F)(F)F)ccc1N1CCOCC1. The van der Waals surface area contributed by atoms with Crippen molar-refractivity contribution in [3.63, 3.8) is 0 Å². The summed E-state index contributed by atoms with van der Waals surface area (Å²) < 4.78 is 50.7. The number of nitrogens with one attached hydrogen (secondary N) is 1. The first-order valence-corrected chi connectivity index (χ1v) is 10.3. The summed E-state index contributed by atoms with van der Waals surface area (Å²) in [6, 6.07) is 14.0. The number of anilines is 2. The van der Waals surface area contributed by atoms with Gasteiger partial charge in [-0.1, -0.05) is 35.9 Å². The van der Waals surface area contributed by atoms with Crippen molar-refractivity contribution in [2.24, 2.45) is 0 Å². The predicted octanol–water partition coefficient (Wildman–Crippen LogP) is 5.37. The third kappa shape index (κ3) is 4.92. The Morgan fingerprint density at radius 3 is 2.50 bits per heavy atom. The van der Waals surface area contributed by atoms with Crippen LogP contribution in [0.4, 0.5) is 24.5 Å². The molecule has 1 N–H and O–H groups in total. The van der Waals surface area contributed by atoms with Crippen molar-refractivity contribution in [3.05, 3.63) is 65.2 Å². The molecule has 1 fully saturated rings. The monoisotopic (exact) mass is 464 g/mol. The smallest absolute Gasteiger partial charge is 0.416 e. The van der Waals surface area contributed by atoms with Gasteiger partial charge in [0.1, 0.15) is 5.75 Å². The fourth-order valence-electron chi connectivity index (χ4n) is 3.58. The Labute approximate surface area is 187 Å². The van der Waals surface area contributed by atoms with Crippen LogP contribution < -0.4 is 15.0 Å². The van der Waals surface area contributed by atoms with E-state index in [1.165, 1.54) is 6.07 Å². The van der Waals surface area contributed by atoms with Gasteiger partial charge >= 0.3 is 6.18 Å². The highest BCUT2D eigenvalue weighted by Crippen LogP contribution is 2.36. The number of rotatable bonds is 5. The number of benzene rings is 3. The van der Waals surface area contributed by atoms with Crippen LogP contribution in [0, 0.1) is 0 Å². The van der Waals surface area contributed by atoms with Crippen molar-refractivity contribution in [2.75, 3.05) is 43.1 Å². The second-order valence-electron chi connectivity index (χ2n) is 7.26. The summed E-state index contributed by atoms with van der Waals surface area (Å²) in [4.78, 5) is 14.5. The zero-order chi connectivity index (χ0) is 22.7. The summed E-state index contributed by atoms with van der Waals surface area (Å²) in [5.74, 6) is -0.115. The lowest BCUT2D eigenvalue weighted by Gasteiger charge is -2.31. The topological polar surface area (TPSA) is 50.8 Å². The maximum atomic E-state index is 13.2. The van der Waals surface area contributed by atoms with E-state index < -0.39 is 17.6 Å². The zero-order valence-electron chi connectivity index (χ0n) is 16.9. The Morgan fingerprint density at radius 2 is 1.78 bits per heavy atom. The lowest BCUT2D eigenvalue weighted by atomic mass is 10.1. The highest BCUT2D eigenvalue weighted by atomic mass is 35.5. The van der Waals surface area contributed by atoms with Crippen LogP contribution >= 0.6 is 11.6 Å². The number of nitrogens with zero attached hydrogens (tertiary/aromatic N) is 1. The van der Waals surface area contributed by atoms with Gasteiger partial charge in [-0.2, -0.15) is 13.2 Å². The molecule has 1 aliphatic rings. The minimum absolute atomic E-state index is 0.0799. The first-order valence-electron chi connectivity index (χ1n) is 9.97. The van der Waals surface area contributed by atoms with E-state index >= 15 is 0 Å². The summed E-state index contributed by atoms with van der Waals surface area (Å²) in [5.41, 5.74) is -0.252. The van der Waals surface area contributed by atoms with Crippen molar-refractivity contribution < 1.29 is 27.4 Å². The molecule has 0 aliphatic carbocycles. The molecule has 1 aliphatic heterocycles. The molecule has 1 saturated heterocycles. The number of halogens is 4. The Bertz CT molecular complexity index is 1130. The van der Waals surface area contributed by atoms with Gasteiger partial charge in [-0.25, -0.2) is 0 Å². The molecule has 0 radical (unpaired) electrons. The van der Waals surface area contributed by atoms with Crippen LogP contribution in [0.3, 0.4) is 0 Å². The highest BCUT2D eigenvalue weighted by Gasteiger charge is 2.32. The summed E-state index contributed by atoms with van der Waals surface area (Å²) in [6.07, 6.45) is -4.53. The number of hydrogen-bond donors (Lipinski definition) is 1. The predicted molar refractivity (Wildman–Crippen MR) is 118 cm³/mol. The second-order valence-corrected chi connectivity index (χ2v) is 7.66. The van der Waals surface area contributed by atoms with E-state index in [2.05, 4.69) is 5.32 Å². The first-order chi connectivity index (χ1) is 15.3. The van der Waals surface area contributed by atoms with E-state index in [0.717, 1.165) is 22.9 Å². The molecule has 1 heterocycles. The second kappa shape index (κ2) is 9.26. The van der Waals surface area contributed by atoms with Gasteiger partial charge in [-0.05, 0) is 30.3 Å². The molecule has 0 saturated carbocycles. The van der Waals surface area contributed by atoms with Crippen LogP contribution in [0.1, 0.15) is 5.56 Å². The molecular formula is C23H20ClF3N2O3. The average Bonchev–Trinajstić information content (AvgIpc) is 2.79. The number of morpholine rings is 1. The number of carbonyl (C=O) groups is 1.